The van der Waals surface area contributed by atoms with Crippen LogP contribution in [0, 0.1) is 0 Å². The molecule has 5 nitrogen and oxygen atoms in total. The average Bonchev–Trinajstić information content (AvgIpc) is 2.14. The van der Waals surface area contributed by atoms with Crippen LogP contribution in [0.15, 0.2) is 5.16 Å². The molecule has 4 N–H and O–H groups in total. The molecule has 0 fully saturated rings. The first-order valence-electron chi connectivity index (χ1n) is 4.85. The molecule has 0 rings (SSSR count). The van der Waals surface area contributed by atoms with Crippen LogP contribution in [0.5, 0.6) is 0 Å². The van der Waals surface area contributed by atoms with E-state index >= 15 is 0 Å². The number of carbonyl (C=O) groups is 1. The van der Waals surface area contributed by atoms with Gasteiger partial charge in [0.25, 0.3) is 0 Å². The minimum absolute atomic E-state index is 0.0486. The largest absolute Gasteiger partial charge is 0.409 e. The number of carbonyl (C=O) groups excluding carboxylic acids is 1. The summed E-state index contributed by atoms with van der Waals surface area (Å²) in [4.78, 5) is 11.2. The Labute approximate surface area is 84.4 Å². The molecule has 0 aliphatic heterocycles. The fourth-order valence-corrected chi connectivity index (χ4v) is 1.11. The Morgan fingerprint density at radius 2 is 2.29 bits per heavy atom. The highest BCUT2D eigenvalue weighted by molar-refractivity contribution is 5.98. The standard InChI is InChI=1S/C9H19N3O2/c1-3-4-5-7(2)11-9(13)6-8(10)12-14/h7,14H,3-6H2,1-2H3,(H2,10,12)(H,11,13). The smallest absolute Gasteiger partial charge is 0.227 e. The van der Waals surface area contributed by atoms with E-state index in [4.69, 9.17) is 10.9 Å². The molecule has 0 heterocycles. The van der Waals surface area contributed by atoms with Crippen molar-refractivity contribution in [3.05, 3.63) is 0 Å². The van der Waals surface area contributed by atoms with Gasteiger partial charge in [-0.15, -0.1) is 0 Å². The molecule has 5 heteroatoms. The molecule has 0 radical (unpaired) electrons. The lowest BCUT2D eigenvalue weighted by Gasteiger charge is -2.12. The third-order valence-electron chi connectivity index (χ3n) is 1.87. The molecule has 1 atom stereocenters. The van der Waals surface area contributed by atoms with Gasteiger partial charge in [0.1, 0.15) is 5.84 Å². The molecule has 82 valence electrons. The Morgan fingerprint density at radius 3 is 2.79 bits per heavy atom. The van der Waals surface area contributed by atoms with Crippen molar-refractivity contribution in [3.63, 3.8) is 0 Å². The highest BCUT2D eigenvalue weighted by Gasteiger charge is 2.08. The van der Waals surface area contributed by atoms with Gasteiger partial charge in [-0.3, -0.25) is 4.79 Å². The van der Waals surface area contributed by atoms with E-state index in [1.807, 2.05) is 6.92 Å². The van der Waals surface area contributed by atoms with Crippen molar-refractivity contribution < 1.29 is 10.0 Å². The summed E-state index contributed by atoms with van der Waals surface area (Å²) in [7, 11) is 0. The number of rotatable bonds is 6. The fourth-order valence-electron chi connectivity index (χ4n) is 1.11. The molecule has 0 aliphatic carbocycles. The zero-order valence-electron chi connectivity index (χ0n) is 8.79. The van der Waals surface area contributed by atoms with Crippen LogP contribution in [-0.2, 0) is 4.79 Å². The number of amides is 1. The Balaban J connectivity index is 3.71. The number of unbranched alkanes of at least 4 members (excludes halogenated alkanes) is 1. The van der Waals surface area contributed by atoms with E-state index in [9.17, 15) is 4.79 Å². The summed E-state index contributed by atoms with van der Waals surface area (Å²) in [6.07, 6.45) is 3.11. The van der Waals surface area contributed by atoms with Crippen LogP contribution < -0.4 is 11.1 Å². The minimum atomic E-state index is -0.205. The molecular weight excluding hydrogens is 182 g/mol. The van der Waals surface area contributed by atoms with E-state index in [-0.39, 0.29) is 24.2 Å². The number of nitrogens with two attached hydrogens (primary N) is 1. The molecule has 0 aliphatic rings. The van der Waals surface area contributed by atoms with Gasteiger partial charge < -0.3 is 16.3 Å². The molecule has 1 amide bonds. The first kappa shape index (κ1) is 12.7. The van der Waals surface area contributed by atoms with Crippen molar-refractivity contribution in [1.82, 2.24) is 5.32 Å². The minimum Gasteiger partial charge on any atom is -0.409 e. The predicted molar refractivity (Wildman–Crippen MR) is 55.2 cm³/mol. The molecule has 0 saturated carbocycles. The Bertz CT molecular complexity index is 204. The summed E-state index contributed by atoms with van der Waals surface area (Å²) in [5, 5.41) is 13.7. The lowest BCUT2D eigenvalue weighted by Crippen LogP contribution is -2.35. The van der Waals surface area contributed by atoms with E-state index in [2.05, 4.69) is 17.4 Å². The van der Waals surface area contributed by atoms with Gasteiger partial charge in [0.15, 0.2) is 0 Å². The number of hydrogen-bond donors (Lipinski definition) is 3. The van der Waals surface area contributed by atoms with Crippen molar-refractivity contribution in [2.75, 3.05) is 0 Å². The van der Waals surface area contributed by atoms with Crippen LogP contribution in [0.4, 0.5) is 0 Å². The van der Waals surface area contributed by atoms with Crippen molar-refractivity contribution in [1.29, 1.82) is 0 Å². The molecule has 0 spiro atoms. The SMILES string of the molecule is CCCCC(C)NC(=O)CC(N)=NO. The second-order valence-corrected chi connectivity index (χ2v) is 3.38. The third kappa shape index (κ3) is 6.28. The maximum atomic E-state index is 11.2. The number of amidine groups is 1. The monoisotopic (exact) mass is 201 g/mol. The molecule has 0 bridgehead atoms. The molecule has 1 unspecified atom stereocenters. The summed E-state index contributed by atoms with van der Waals surface area (Å²) >= 11 is 0. The predicted octanol–water partition coefficient (Wildman–Crippen LogP) is 0.818. The summed E-state index contributed by atoms with van der Waals surface area (Å²) in [6, 6.07) is 0.147. The first-order chi connectivity index (χ1) is 6.60. The van der Waals surface area contributed by atoms with Gasteiger partial charge >= 0.3 is 0 Å². The second kappa shape index (κ2) is 7.17. The van der Waals surface area contributed by atoms with Gasteiger partial charge in [-0.2, -0.15) is 0 Å². The van der Waals surface area contributed by atoms with E-state index in [0.717, 1.165) is 19.3 Å². The van der Waals surface area contributed by atoms with E-state index in [0.29, 0.717) is 0 Å². The summed E-state index contributed by atoms with van der Waals surface area (Å²) in [5.41, 5.74) is 5.19. The van der Waals surface area contributed by atoms with Gasteiger partial charge in [-0.05, 0) is 13.3 Å². The normalized spacial score (nSPS) is 13.7. The highest BCUT2D eigenvalue weighted by atomic mass is 16.4. The number of oxime groups is 1. The number of nitrogens with one attached hydrogen (secondary N) is 1. The lowest BCUT2D eigenvalue weighted by atomic mass is 10.1. The molecule has 0 aromatic heterocycles. The highest BCUT2D eigenvalue weighted by Crippen LogP contribution is 1.99. The molecule has 0 aromatic rings. The van der Waals surface area contributed by atoms with Crippen molar-refractivity contribution in [3.8, 4) is 0 Å². The number of hydrogen-bond acceptors (Lipinski definition) is 3. The van der Waals surface area contributed by atoms with Crippen LogP contribution in [0.1, 0.15) is 39.5 Å². The van der Waals surface area contributed by atoms with E-state index in [1.54, 1.807) is 0 Å². The average molecular weight is 201 g/mol. The zero-order chi connectivity index (χ0) is 11.0. The van der Waals surface area contributed by atoms with Crippen LogP contribution in [0.3, 0.4) is 0 Å². The zero-order valence-corrected chi connectivity index (χ0v) is 8.79. The molecule has 0 saturated heterocycles. The third-order valence-corrected chi connectivity index (χ3v) is 1.87. The van der Waals surface area contributed by atoms with E-state index < -0.39 is 0 Å². The first-order valence-corrected chi connectivity index (χ1v) is 4.85. The summed E-state index contributed by atoms with van der Waals surface area (Å²) in [5.74, 6) is -0.269. The van der Waals surface area contributed by atoms with Gasteiger partial charge in [0.05, 0.1) is 6.42 Å². The fraction of sp³-hybridized carbons (Fsp3) is 0.778. The Hall–Kier alpha value is -1.26. The van der Waals surface area contributed by atoms with E-state index in [1.165, 1.54) is 0 Å². The van der Waals surface area contributed by atoms with Gasteiger partial charge in [0, 0.05) is 6.04 Å². The molecule has 14 heavy (non-hydrogen) atoms. The molecule has 0 aromatic carbocycles. The lowest BCUT2D eigenvalue weighted by molar-refractivity contribution is -0.120. The van der Waals surface area contributed by atoms with Gasteiger partial charge in [0.2, 0.25) is 5.91 Å². The van der Waals surface area contributed by atoms with Crippen LogP contribution in [-0.4, -0.2) is 23.0 Å². The second-order valence-electron chi connectivity index (χ2n) is 3.38. The van der Waals surface area contributed by atoms with Gasteiger partial charge in [-0.1, -0.05) is 24.9 Å². The number of nitrogens with zero attached hydrogens (tertiary/aromatic N) is 1. The molecular formula is C9H19N3O2. The Kier molecular flexibility index (Phi) is 6.53. The van der Waals surface area contributed by atoms with Crippen LogP contribution in [0.25, 0.3) is 0 Å². The van der Waals surface area contributed by atoms with Crippen LogP contribution >= 0.6 is 0 Å². The van der Waals surface area contributed by atoms with Gasteiger partial charge in [-0.25, -0.2) is 0 Å². The maximum absolute atomic E-state index is 11.2. The maximum Gasteiger partial charge on any atom is 0.227 e. The summed E-state index contributed by atoms with van der Waals surface area (Å²) < 4.78 is 0. The Morgan fingerprint density at radius 1 is 1.64 bits per heavy atom. The van der Waals surface area contributed by atoms with Crippen molar-refractivity contribution in [2.45, 2.75) is 45.6 Å². The quantitative estimate of drug-likeness (QED) is 0.257. The van der Waals surface area contributed by atoms with Crippen molar-refractivity contribution in [2.24, 2.45) is 10.9 Å². The summed E-state index contributed by atoms with van der Waals surface area (Å²) in [6.45, 7) is 4.05. The van der Waals surface area contributed by atoms with Crippen LogP contribution in [0.2, 0.25) is 0 Å². The van der Waals surface area contributed by atoms with Crippen molar-refractivity contribution >= 4 is 11.7 Å². The topological polar surface area (TPSA) is 87.7 Å².